The number of alkyl halides is 1. The summed E-state index contributed by atoms with van der Waals surface area (Å²) < 4.78 is 66.5. The van der Waals surface area contributed by atoms with Crippen molar-refractivity contribution in [1.29, 1.82) is 0 Å². The SMILES string of the molecule is NCC[C@]1(COP(=O)(O)OP(=O)(O)OP(=O)(O)O)O[C@@H](n2ccc(N)nc2=O)[C@H](F)[C@@H]1O. The van der Waals surface area contributed by atoms with Crippen molar-refractivity contribution in [2.45, 2.75) is 30.5 Å². The second-order valence-corrected chi connectivity index (χ2v) is 10.8. The lowest BCUT2D eigenvalue weighted by atomic mass is 9.93. The number of ether oxygens (including phenoxy) is 1. The molecule has 0 bridgehead atoms. The van der Waals surface area contributed by atoms with Crippen LogP contribution in [0.4, 0.5) is 10.2 Å². The smallest absolute Gasteiger partial charge is 0.387 e. The van der Waals surface area contributed by atoms with Gasteiger partial charge in [0.2, 0.25) is 0 Å². The largest absolute Gasteiger partial charge is 0.490 e. The van der Waals surface area contributed by atoms with Crippen molar-refractivity contribution in [3.8, 4) is 0 Å². The van der Waals surface area contributed by atoms with Crippen LogP contribution in [0, 0.1) is 0 Å². The van der Waals surface area contributed by atoms with Gasteiger partial charge in [-0.25, -0.2) is 22.9 Å². The molecular weight excluding hydrogens is 508 g/mol. The molecule has 2 unspecified atom stereocenters. The van der Waals surface area contributed by atoms with Crippen LogP contribution in [0.5, 0.6) is 0 Å². The number of phosphoric ester groups is 1. The Bertz CT molecular complexity index is 1030. The molecule has 0 radical (unpaired) electrons. The van der Waals surface area contributed by atoms with Gasteiger partial charge in [0, 0.05) is 6.20 Å². The van der Waals surface area contributed by atoms with Gasteiger partial charge in [-0.05, 0) is 19.0 Å². The molecule has 0 amide bonds. The maximum absolute atomic E-state index is 14.8. The maximum atomic E-state index is 14.8. The summed E-state index contributed by atoms with van der Waals surface area (Å²) in [6.07, 6.45) is -5.56. The van der Waals surface area contributed by atoms with Gasteiger partial charge in [0.25, 0.3) is 0 Å². The molecule has 1 saturated heterocycles. The number of anilines is 1. The quantitative estimate of drug-likeness (QED) is 0.170. The third-order valence-electron chi connectivity index (χ3n) is 4.05. The summed E-state index contributed by atoms with van der Waals surface area (Å²) in [7, 11) is -17.0. The van der Waals surface area contributed by atoms with Crippen LogP contribution in [0.3, 0.4) is 0 Å². The van der Waals surface area contributed by atoms with Crippen LogP contribution in [0.25, 0.3) is 0 Å². The third-order valence-corrected chi connectivity index (χ3v) is 7.83. The second-order valence-electron chi connectivity index (χ2n) is 6.41. The Kier molecular flexibility index (Phi) is 8.18. The number of hydrogen-bond donors (Lipinski definition) is 7. The molecule has 0 aliphatic carbocycles. The van der Waals surface area contributed by atoms with Crippen molar-refractivity contribution in [3.63, 3.8) is 0 Å². The highest BCUT2D eigenvalue weighted by Gasteiger charge is 2.57. The first-order valence-electron chi connectivity index (χ1n) is 8.34. The summed E-state index contributed by atoms with van der Waals surface area (Å²) in [4.78, 5) is 51.2. The molecule has 1 aliphatic rings. The van der Waals surface area contributed by atoms with Crippen LogP contribution in [0.15, 0.2) is 17.1 Å². The van der Waals surface area contributed by atoms with Gasteiger partial charge < -0.3 is 40.9 Å². The Balaban J connectivity index is 2.24. The van der Waals surface area contributed by atoms with E-state index in [0.29, 0.717) is 4.57 Å². The van der Waals surface area contributed by atoms with Gasteiger partial charge in [0.1, 0.15) is 17.5 Å². The van der Waals surface area contributed by atoms with Crippen molar-refractivity contribution >= 4 is 29.3 Å². The monoisotopic (exact) mass is 528 g/mol. The molecule has 1 fully saturated rings. The molecule has 6 atom stereocenters. The number of nitrogens with two attached hydrogens (primary N) is 2. The van der Waals surface area contributed by atoms with Gasteiger partial charge in [-0.2, -0.15) is 13.6 Å². The molecule has 1 aromatic heterocycles. The predicted octanol–water partition coefficient (Wildman–Crippen LogP) is -1.52. The first kappa shape index (κ1) is 27.1. The zero-order chi connectivity index (χ0) is 24.5. The summed E-state index contributed by atoms with van der Waals surface area (Å²) in [5.41, 5.74) is 7.58. The van der Waals surface area contributed by atoms with Gasteiger partial charge >= 0.3 is 29.2 Å². The normalized spacial score (nSPS) is 30.0. The number of aromatic nitrogens is 2. The van der Waals surface area contributed by atoms with E-state index in [9.17, 15) is 37.8 Å². The fourth-order valence-corrected chi connectivity index (χ4v) is 5.86. The van der Waals surface area contributed by atoms with E-state index < -0.39 is 66.3 Å². The van der Waals surface area contributed by atoms with Crippen molar-refractivity contribution in [1.82, 2.24) is 9.55 Å². The highest BCUT2D eigenvalue weighted by atomic mass is 31.3. The Hall–Kier alpha value is -1.10. The summed E-state index contributed by atoms with van der Waals surface area (Å²) >= 11 is 0. The van der Waals surface area contributed by atoms with Crippen LogP contribution in [0.1, 0.15) is 12.6 Å². The summed E-state index contributed by atoms with van der Waals surface area (Å²) in [6, 6.07) is 1.14. The van der Waals surface area contributed by atoms with Crippen LogP contribution in [-0.4, -0.2) is 65.3 Å². The molecule has 9 N–H and O–H groups in total. The average molecular weight is 528 g/mol. The lowest BCUT2D eigenvalue weighted by Gasteiger charge is -2.31. The first-order chi connectivity index (χ1) is 14.5. The fraction of sp³-hybridized carbons (Fsp3) is 0.636. The van der Waals surface area contributed by atoms with E-state index in [1.165, 1.54) is 0 Å². The molecule has 17 nitrogen and oxygen atoms in total. The van der Waals surface area contributed by atoms with Crippen molar-refractivity contribution in [2.75, 3.05) is 18.9 Å². The minimum absolute atomic E-state index is 0.180. The standard InChI is InChI=1S/C11H20FN4O13P3/c12-7-8(17)11(2-3-13,27-9(7)16-4-1-6(14)15-10(16)18)5-26-31(22,23)29-32(24,25)28-30(19,20)21/h1,4,7-9,17H,2-3,5,13H2,(H,22,23)(H,24,25)(H2,14,15,18)(H2,19,20,21)/t7-,8+,9-,11-/m1/s1. The summed E-state index contributed by atoms with van der Waals surface area (Å²) in [5, 5.41) is 10.4. The minimum Gasteiger partial charge on any atom is -0.387 e. The Morgan fingerprint density at radius 2 is 1.84 bits per heavy atom. The molecule has 2 heterocycles. The Morgan fingerprint density at radius 3 is 2.38 bits per heavy atom. The molecule has 2 rings (SSSR count). The summed E-state index contributed by atoms with van der Waals surface area (Å²) in [6.45, 7) is -1.46. The van der Waals surface area contributed by atoms with Crippen LogP contribution < -0.4 is 17.2 Å². The zero-order valence-corrected chi connectivity index (χ0v) is 18.5. The van der Waals surface area contributed by atoms with E-state index in [0.717, 1.165) is 12.3 Å². The molecule has 184 valence electrons. The first-order valence-corrected chi connectivity index (χ1v) is 12.9. The van der Waals surface area contributed by atoms with Gasteiger partial charge in [0.15, 0.2) is 12.4 Å². The second kappa shape index (κ2) is 9.64. The van der Waals surface area contributed by atoms with Gasteiger partial charge in [-0.3, -0.25) is 9.09 Å². The van der Waals surface area contributed by atoms with Gasteiger partial charge in [-0.1, -0.05) is 0 Å². The molecule has 1 aliphatic heterocycles. The average Bonchev–Trinajstić information content (AvgIpc) is 2.83. The molecular formula is C11H20FN4O13P3. The number of aliphatic hydroxyl groups is 1. The number of rotatable bonds is 10. The molecule has 21 heteroatoms. The number of nitrogen functional groups attached to an aromatic ring is 1. The van der Waals surface area contributed by atoms with Crippen LogP contribution in [0.2, 0.25) is 0 Å². The Morgan fingerprint density at radius 1 is 1.22 bits per heavy atom. The van der Waals surface area contributed by atoms with E-state index in [2.05, 4.69) is 18.1 Å². The number of nitrogens with zero attached hydrogens (tertiary/aromatic N) is 2. The number of halogens is 1. The third kappa shape index (κ3) is 6.71. The minimum atomic E-state index is -5.80. The van der Waals surface area contributed by atoms with Crippen molar-refractivity contribution in [3.05, 3.63) is 22.7 Å². The molecule has 0 aromatic carbocycles. The number of phosphoric acid groups is 3. The van der Waals surface area contributed by atoms with Crippen LogP contribution >= 0.6 is 23.5 Å². The lowest BCUT2D eigenvalue weighted by molar-refractivity contribution is -0.129. The predicted molar refractivity (Wildman–Crippen MR) is 100 cm³/mol. The van der Waals surface area contributed by atoms with E-state index in [1.807, 2.05) is 0 Å². The van der Waals surface area contributed by atoms with E-state index in [4.69, 9.17) is 26.0 Å². The molecule has 1 aromatic rings. The molecule has 0 spiro atoms. The number of hydrogen-bond acceptors (Lipinski definition) is 12. The molecule has 32 heavy (non-hydrogen) atoms. The highest BCUT2D eigenvalue weighted by Crippen LogP contribution is 2.66. The molecule has 0 saturated carbocycles. The van der Waals surface area contributed by atoms with E-state index >= 15 is 0 Å². The van der Waals surface area contributed by atoms with Gasteiger partial charge in [0.05, 0.1) is 6.61 Å². The van der Waals surface area contributed by atoms with Crippen molar-refractivity contribution in [2.24, 2.45) is 5.73 Å². The van der Waals surface area contributed by atoms with E-state index in [1.54, 1.807) is 0 Å². The summed E-state index contributed by atoms with van der Waals surface area (Å²) in [5.74, 6) is -0.180. The number of aliphatic hydroxyl groups excluding tert-OH is 1. The fourth-order valence-electron chi connectivity index (χ4n) is 2.79. The maximum Gasteiger partial charge on any atom is 0.490 e. The van der Waals surface area contributed by atoms with Gasteiger partial charge in [-0.15, -0.1) is 0 Å². The van der Waals surface area contributed by atoms with Crippen molar-refractivity contribution < 1.29 is 60.6 Å². The highest BCUT2D eigenvalue weighted by molar-refractivity contribution is 7.66. The zero-order valence-electron chi connectivity index (χ0n) is 15.8. The van der Waals surface area contributed by atoms with E-state index in [-0.39, 0.29) is 12.4 Å². The Labute approximate surface area is 178 Å². The van der Waals surface area contributed by atoms with Crippen LogP contribution in [-0.2, 0) is 31.6 Å². The lowest BCUT2D eigenvalue weighted by Crippen LogP contribution is -2.47. The topological polar surface area (TPSA) is 276 Å².